The van der Waals surface area contributed by atoms with Crippen molar-refractivity contribution in [3.8, 4) is 0 Å². The van der Waals surface area contributed by atoms with Gasteiger partial charge in [-0.05, 0) is 95.9 Å². The van der Waals surface area contributed by atoms with Crippen molar-refractivity contribution in [1.29, 1.82) is 0 Å². The van der Waals surface area contributed by atoms with Crippen molar-refractivity contribution >= 4 is 50.1 Å². The molecule has 1 aliphatic rings. The fraction of sp³-hybridized carbons (Fsp3) is 0.333. The highest BCUT2D eigenvalue weighted by atomic mass is 127. The van der Waals surface area contributed by atoms with E-state index in [0.717, 1.165) is 33.6 Å². The van der Waals surface area contributed by atoms with Gasteiger partial charge in [0, 0.05) is 16.2 Å². The normalized spacial score (nSPS) is 14.5. The average Bonchev–Trinajstić information content (AvgIpc) is 3.46. The van der Waals surface area contributed by atoms with Crippen molar-refractivity contribution in [2.24, 2.45) is 0 Å². The number of benzene rings is 3. The van der Waals surface area contributed by atoms with E-state index >= 15 is 0 Å². The van der Waals surface area contributed by atoms with Gasteiger partial charge in [-0.15, -0.1) is 0 Å². The molecule has 0 spiro atoms. The average molecular weight is 678 g/mol. The Hall–Kier alpha value is -2.99. The number of sulfonamides is 1. The van der Waals surface area contributed by atoms with Crippen LogP contribution < -0.4 is 9.62 Å². The second-order valence-electron chi connectivity index (χ2n) is 9.86. The molecule has 212 valence electrons. The predicted molar refractivity (Wildman–Crippen MR) is 162 cm³/mol. The van der Waals surface area contributed by atoms with Crippen LogP contribution in [0.2, 0.25) is 0 Å². The molecular weight excluding hydrogens is 644 g/mol. The molecule has 1 atom stereocenters. The van der Waals surface area contributed by atoms with Crippen LogP contribution in [-0.2, 0) is 26.2 Å². The quantitative estimate of drug-likeness (QED) is 0.272. The highest BCUT2D eigenvalue weighted by Crippen LogP contribution is 2.26. The highest BCUT2D eigenvalue weighted by Gasteiger charge is 2.34. The van der Waals surface area contributed by atoms with E-state index in [0.29, 0.717) is 17.7 Å². The van der Waals surface area contributed by atoms with Gasteiger partial charge in [-0.25, -0.2) is 12.8 Å². The molecule has 1 N–H and O–H groups in total. The van der Waals surface area contributed by atoms with Crippen LogP contribution in [-0.4, -0.2) is 43.8 Å². The second kappa shape index (κ2) is 13.6. The largest absolute Gasteiger partial charge is 0.352 e. The minimum atomic E-state index is -4.11. The highest BCUT2D eigenvalue weighted by molar-refractivity contribution is 14.1. The Bertz CT molecular complexity index is 1400. The molecule has 1 fully saturated rings. The van der Waals surface area contributed by atoms with Gasteiger partial charge in [0.05, 0.1) is 10.6 Å². The molecule has 0 unspecified atom stereocenters. The summed E-state index contributed by atoms with van der Waals surface area (Å²) >= 11 is 2.13. The van der Waals surface area contributed by atoms with E-state index in [1.54, 1.807) is 54.6 Å². The molecule has 1 aliphatic carbocycles. The number of nitrogens with zero attached hydrogens (tertiary/aromatic N) is 2. The van der Waals surface area contributed by atoms with Gasteiger partial charge in [-0.1, -0.05) is 50.1 Å². The molecule has 2 amide bonds. The van der Waals surface area contributed by atoms with Gasteiger partial charge >= 0.3 is 0 Å². The van der Waals surface area contributed by atoms with Crippen LogP contribution in [0.5, 0.6) is 0 Å². The van der Waals surface area contributed by atoms with E-state index in [2.05, 4.69) is 27.9 Å². The molecule has 0 aliphatic heterocycles. The number of carbonyl (C=O) groups excluding carboxylic acids is 2. The molecule has 3 aromatic rings. The fourth-order valence-corrected chi connectivity index (χ4v) is 6.72. The Morgan fingerprint density at radius 1 is 0.975 bits per heavy atom. The molecule has 0 heterocycles. The maximum absolute atomic E-state index is 14.0. The minimum absolute atomic E-state index is 0.0294. The van der Waals surface area contributed by atoms with Crippen LogP contribution in [0.1, 0.15) is 44.6 Å². The Labute approximate surface area is 248 Å². The second-order valence-corrected chi connectivity index (χ2v) is 13.0. The molecule has 4 rings (SSSR count). The van der Waals surface area contributed by atoms with E-state index in [4.69, 9.17) is 0 Å². The van der Waals surface area contributed by atoms with Crippen LogP contribution in [0, 0.1) is 9.39 Å². The van der Waals surface area contributed by atoms with E-state index < -0.39 is 34.3 Å². The Morgan fingerprint density at radius 3 is 2.20 bits per heavy atom. The van der Waals surface area contributed by atoms with E-state index in [9.17, 15) is 22.4 Å². The topological polar surface area (TPSA) is 86.8 Å². The summed E-state index contributed by atoms with van der Waals surface area (Å²) in [6.45, 7) is 1.34. The Morgan fingerprint density at radius 2 is 1.60 bits per heavy atom. The zero-order valence-electron chi connectivity index (χ0n) is 22.3. The minimum Gasteiger partial charge on any atom is -0.352 e. The molecule has 0 saturated heterocycles. The zero-order valence-corrected chi connectivity index (χ0v) is 25.3. The monoisotopic (exact) mass is 677 g/mol. The first-order chi connectivity index (χ1) is 19.2. The summed E-state index contributed by atoms with van der Waals surface area (Å²) in [5.41, 5.74) is 0.969. The zero-order chi connectivity index (χ0) is 28.7. The first kappa shape index (κ1) is 30.0. The van der Waals surface area contributed by atoms with E-state index in [1.165, 1.54) is 29.2 Å². The molecule has 10 heteroatoms. The van der Waals surface area contributed by atoms with Crippen LogP contribution in [0.25, 0.3) is 0 Å². The lowest BCUT2D eigenvalue weighted by Crippen LogP contribution is -2.53. The summed E-state index contributed by atoms with van der Waals surface area (Å²) in [4.78, 5) is 29.0. The van der Waals surface area contributed by atoms with Crippen molar-refractivity contribution < 1.29 is 22.4 Å². The Kier molecular flexibility index (Phi) is 10.2. The number of halogens is 2. The lowest BCUT2D eigenvalue weighted by molar-refractivity contribution is -0.140. The summed E-state index contributed by atoms with van der Waals surface area (Å²) < 4.78 is 43.2. The number of nitrogens with one attached hydrogen (secondary N) is 1. The van der Waals surface area contributed by atoms with Crippen molar-refractivity contribution in [2.75, 3.05) is 10.8 Å². The maximum atomic E-state index is 14.0. The van der Waals surface area contributed by atoms with E-state index in [-0.39, 0.29) is 23.4 Å². The summed E-state index contributed by atoms with van der Waals surface area (Å²) in [6, 6.07) is 19.8. The number of anilines is 1. The lowest BCUT2D eigenvalue weighted by Gasteiger charge is -2.33. The first-order valence-electron chi connectivity index (χ1n) is 13.4. The van der Waals surface area contributed by atoms with Gasteiger partial charge < -0.3 is 10.2 Å². The first-order valence-corrected chi connectivity index (χ1v) is 15.9. The van der Waals surface area contributed by atoms with Crippen LogP contribution in [0.3, 0.4) is 0 Å². The molecule has 40 heavy (non-hydrogen) atoms. The summed E-state index contributed by atoms with van der Waals surface area (Å²) in [5.74, 6) is -1.21. The summed E-state index contributed by atoms with van der Waals surface area (Å²) in [7, 11) is -4.11. The number of carbonyl (C=O) groups is 2. The van der Waals surface area contributed by atoms with Crippen LogP contribution >= 0.6 is 22.6 Å². The summed E-state index contributed by atoms with van der Waals surface area (Å²) in [6.07, 6.45) is 4.21. The molecule has 0 radical (unpaired) electrons. The van der Waals surface area contributed by atoms with Gasteiger partial charge in [0.1, 0.15) is 18.4 Å². The predicted octanol–water partition coefficient (Wildman–Crippen LogP) is 5.49. The smallest absolute Gasteiger partial charge is 0.264 e. The number of hydrogen-bond acceptors (Lipinski definition) is 4. The molecular formula is C30H33FIN3O4S. The van der Waals surface area contributed by atoms with Crippen molar-refractivity contribution in [3.63, 3.8) is 0 Å². The summed E-state index contributed by atoms with van der Waals surface area (Å²) in [5, 5.41) is 3.08. The van der Waals surface area contributed by atoms with Gasteiger partial charge in [0.2, 0.25) is 11.8 Å². The van der Waals surface area contributed by atoms with Crippen molar-refractivity contribution in [1.82, 2.24) is 10.2 Å². The molecule has 0 bridgehead atoms. The van der Waals surface area contributed by atoms with Crippen molar-refractivity contribution in [3.05, 3.63) is 93.8 Å². The lowest BCUT2D eigenvalue weighted by atomic mass is 10.1. The third-order valence-corrected chi connectivity index (χ3v) is 9.59. The third-order valence-electron chi connectivity index (χ3n) is 7.08. The van der Waals surface area contributed by atoms with E-state index in [1.807, 2.05) is 6.92 Å². The standard InChI is InChI=1S/C30H33FIN3O4S/c1-2-28(30(37)33-25-8-6-7-9-25)34(20-22-12-14-23(31)15-13-22)29(36)21-35(26-18-16-24(32)17-19-26)40(38,39)27-10-4-3-5-11-27/h3-5,10-19,25,28H,2,6-9,20-21H2,1H3,(H,33,37)/t28-/m0/s1. The SMILES string of the molecule is CC[C@@H](C(=O)NC1CCCC1)N(Cc1ccc(F)cc1)C(=O)CN(c1ccc(I)cc1)S(=O)(=O)c1ccccc1. The van der Waals surface area contributed by atoms with Crippen LogP contribution in [0.4, 0.5) is 10.1 Å². The van der Waals surface area contributed by atoms with Gasteiger partial charge in [0.25, 0.3) is 10.0 Å². The number of amides is 2. The maximum Gasteiger partial charge on any atom is 0.264 e. The van der Waals surface area contributed by atoms with Gasteiger partial charge in [-0.2, -0.15) is 0 Å². The number of rotatable bonds is 11. The molecule has 1 saturated carbocycles. The van der Waals surface area contributed by atoms with Crippen molar-refractivity contribution in [2.45, 2.75) is 62.6 Å². The number of hydrogen-bond donors (Lipinski definition) is 1. The molecule has 3 aromatic carbocycles. The fourth-order valence-electron chi connectivity index (χ4n) is 4.93. The van der Waals surface area contributed by atoms with Crippen LogP contribution in [0.15, 0.2) is 83.8 Å². The van der Waals surface area contributed by atoms with Gasteiger partial charge in [-0.3, -0.25) is 13.9 Å². The van der Waals surface area contributed by atoms with Gasteiger partial charge in [0.15, 0.2) is 0 Å². The third kappa shape index (κ3) is 7.39. The Balaban J connectivity index is 1.69. The molecule has 7 nitrogen and oxygen atoms in total. The molecule has 0 aromatic heterocycles.